The third-order valence-corrected chi connectivity index (χ3v) is 10.2. The van der Waals surface area contributed by atoms with Crippen molar-refractivity contribution in [2.75, 3.05) is 13.1 Å². The van der Waals surface area contributed by atoms with Crippen LogP contribution in [0.4, 0.5) is 0 Å². The molecule has 6 amide bonds. The molecular formula is C52H98N14O13. The Morgan fingerprint density at radius 1 is 0.582 bits per heavy atom. The fourth-order valence-corrected chi connectivity index (χ4v) is 6.25. The number of aromatic nitrogens is 4. The maximum atomic E-state index is 13.0. The van der Waals surface area contributed by atoms with Crippen molar-refractivity contribution in [3.8, 4) is 0 Å². The maximum Gasteiger partial charge on any atom is 0.326 e. The van der Waals surface area contributed by atoms with Gasteiger partial charge in [0, 0.05) is 43.0 Å². The van der Waals surface area contributed by atoms with Crippen LogP contribution in [-0.4, -0.2) is 162 Å². The summed E-state index contributed by atoms with van der Waals surface area (Å²) < 4.78 is 0. The summed E-state index contributed by atoms with van der Waals surface area (Å²) in [4.78, 5) is 139. The van der Waals surface area contributed by atoms with Crippen molar-refractivity contribution < 1.29 is 63.3 Å². The zero-order chi connectivity index (χ0) is 59.5. The lowest BCUT2D eigenvalue weighted by Crippen LogP contribution is -2.57. The van der Waals surface area contributed by atoms with Crippen LogP contribution in [0.2, 0.25) is 0 Å². The number of hydrogen-bond donors (Lipinski definition) is 14. The molecule has 0 radical (unpaired) electrons. The highest BCUT2D eigenvalue weighted by Crippen LogP contribution is 2.09. The van der Waals surface area contributed by atoms with Crippen molar-refractivity contribution in [3.05, 3.63) is 36.4 Å². The predicted octanol–water partition coefficient (Wildman–Crippen LogP) is 2.04. The van der Waals surface area contributed by atoms with Crippen LogP contribution < -0.4 is 49.1 Å². The smallest absolute Gasteiger partial charge is 0.326 e. The second-order valence-corrected chi connectivity index (χ2v) is 16.8. The summed E-state index contributed by atoms with van der Waals surface area (Å²) in [7, 11) is 0. The number of carboxylic acids is 3. The molecule has 454 valence electrons. The number of ketones is 1. The number of Topliss-reactive ketones (excluding diaryl/α,β-unsaturated/α-hetero) is 1. The zero-order valence-electron chi connectivity index (χ0n) is 46.6. The number of carboxylic acid groups (broad SMARTS) is 3. The summed E-state index contributed by atoms with van der Waals surface area (Å²) >= 11 is 0. The van der Waals surface area contributed by atoms with Crippen molar-refractivity contribution in [3.63, 3.8) is 0 Å². The largest absolute Gasteiger partial charge is 0.481 e. The van der Waals surface area contributed by atoms with Crippen molar-refractivity contribution in [1.29, 1.82) is 0 Å². The number of aliphatic imine (C=N–C) groups is 1. The lowest BCUT2D eigenvalue weighted by Gasteiger charge is -2.24. The summed E-state index contributed by atoms with van der Waals surface area (Å²) in [5.74, 6) is -8.11. The molecule has 79 heavy (non-hydrogen) atoms. The fraction of sp³-hybridized carbons (Fsp3) is 0.673. The Hall–Kier alpha value is -7.13. The highest BCUT2D eigenvalue weighted by atomic mass is 16.4. The van der Waals surface area contributed by atoms with Crippen molar-refractivity contribution in [2.45, 2.75) is 216 Å². The van der Waals surface area contributed by atoms with Gasteiger partial charge in [0.15, 0.2) is 5.78 Å². The number of nitrogens with one attached hydrogen (secondary N) is 8. The van der Waals surface area contributed by atoms with E-state index >= 15 is 0 Å². The Kier molecular flexibility index (Phi) is 50.3. The Balaban J connectivity index is -0.000000406. The molecule has 0 aromatic carbocycles. The summed E-state index contributed by atoms with van der Waals surface area (Å²) in [5.41, 5.74) is 17.6. The zero-order valence-corrected chi connectivity index (χ0v) is 46.6. The van der Waals surface area contributed by atoms with E-state index in [4.69, 9.17) is 27.4 Å². The molecule has 0 aliphatic rings. The van der Waals surface area contributed by atoms with Gasteiger partial charge in [0.1, 0.15) is 36.3 Å². The molecule has 0 saturated carbocycles. The number of imidazole rings is 2. The molecule has 2 aromatic heterocycles. The molecule has 2 heterocycles. The molecule has 8 atom stereocenters. The monoisotopic (exact) mass is 1130 g/mol. The van der Waals surface area contributed by atoms with Crippen LogP contribution in [-0.2, 0) is 60.8 Å². The van der Waals surface area contributed by atoms with E-state index in [0.717, 1.165) is 0 Å². The summed E-state index contributed by atoms with van der Waals surface area (Å²) in [6, 6.07) is -8.91. The first-order valence-corrected chi connectivity index (χ1v) is 26.2. The van der Waals surface area contributed by atoms with Crippen LogP contribution in [0.5, 0.6) is 0 Å². The molecule has 8 unspecified atom stereocenters. The van der Waals surface area contributed by atoms with Gasteiger partial charge in [-0.15, -0.1) is 0 Å². The fourth-order valence-electron chi connectivity index (χ4n) is 6.25. The predicted molar refractivity (Wildman–Crippen MR) is 303 cm³/mol. The standard InChI is InChI=1S/C22H35N7O7.C21H35N7O6.C3H8.2C2H6.2CH4/c1-3-8-25-16(10-18(30)31)20(33)27-13(2)19(32)29-17(9-14-11-24-12-26-14)21(34)28-15(22(35)36)6-4-5-7-23;1-3-17(29)15(6-4-5-7-22)27-21(34)16(8-13-10-24-11-25-13)28-19(32)12(2)26-20(33)14(23)9-18(30)31;1-3-2;2*1-2;;/h8,11-13,15-17H,3-7,9-10,23H2,1-2H3,(H,24,26)(H,27,33)(H,28,34)(H,29,32)(H,30,31)(H,35,36);10-12,14-16H,3-9,22-23H2,1-2H3,(H,24,25)(H,26,33)(H,27,34)(H,28,32)(H,30,31);3H2,1-2H3;2*1-2H3;2*1H4. The van der Waals surface area contributed by atoms with Crippen LogP contribution in [0, 0.1) is 0 Å². The topological polar surface area (TPSA) is 451 Å². The molecule has 0 spiro atoms. The number of hydrogen-bond acceptors (Lipinski definition) is 16. The average Bonchev–Trinajstić information content (AvgIpc) is 4.12. The molecule has 0 aliphatic carbocycles. The number of carbonyl (C=O) groups is 10. The maximum absolute atomic E-state index is 13.0. The van der Waals surface area contributed by atoms with E-state index in [1.807, 2.05) is 27.7 Å². The van der Waals surface area contributed by atoms with Gasteiger partial charge in [-0.1, -0.05) is 76.7 Å². The minimum absolute atomic E-state index is 0. The molecule has 0 bridgehead atoms. The van der Waals surface area contributed by atoms with Gasteiger partial charge >= 0.3 is 17.9 Å². The van der Waals surface area contributed by atoms with Gasteiger partial charge in [-0.05, 0) is 78.1 Å². The molecule has 0 fully saturated rings. The van der Waals surface area contributed by atoms with Crippen LogP contribution in [0.3, 0.4) is 0 Å². The molecule has 27 heteroatoms. The van der Waals surface area contributed by atoms with E-state index < -0.39 is 115 Å². The van der Waals surface area contributed by atoms with E-state index in [0.29, 0.717) is 63.0 Å². The molecular weight excluding hydrogens is 1030 g/mol. The van der Waals surface area contributed by atoms with Crippen molar-refractivity contribution in [2.24, 2.45) is 22.2 Å². The van der Waals surface area contributed by atoms with Gasteiger partial charge in [0.05, 0.1) is 37.6 Å². The van der Waals surface area contributed by atoms with E-state index in [1.54, 1.807) is 13.8 Å². The number of aliphatic carboxylic acids is 3. The van der Waals surface area contributed by atoms with Crippen LogP contribution >= 0.6 is 0 Å². The van der Waals surface area contributed by atoms with Crippen LogP contribution in [0.15, 0.2) is 30.0 Å². The van der Waals surface area contributed by atoms with E-state index in [-0.39, 0.29) is 46.3 Å². The van der Waals surface area contributed by atoms with Crippen LogP contribution in [0.25, 0.3) is 0 Å². The highest BCUT2D eigenvalue weighted by molar-refractivity contribution is 5.96. The van der Waals surface area contributed by atoms with E-state index in [1.165, 1.54) is 51.5 Å². The second-order valence-electron chi connectivity index (χ2n) is 16.8. The average molecular weight is 1130 g/mol. The summed E-state index contributed by atoms with van der Waals surface area (Å²) in [6.45, 7) is 19.3. The number of nitrogens with zero attached hydrogens (tertiary/aromatic N) is 3. The first-order chi connectivity index (χ1) is 36.6. The number of aromatic amines is 2. The van der Waals surface area contributed by atoms with Gasteiger partial charge in [0.2, 0.25) is 35.4 Å². The third kappa shape index (κ3) is 37.3. The van der Waals surface area contributed by atoms with E-state index in [9.17, 15) is 53.1 Å². The molecule has 17 N–H and O–H groups in total. The summed E-state index contributed by atoms with van der Waals surface area (Å²) in [6.07, 6.45) is 11.1. The number of unbranched alkanes of at least 4 members (excludes halogenated alkanes) is 2. The van der Waals surface area contributed by atoms with Gasteiger partial charge in [-0.3, -0.25) is 48.1 Å². The third-order valence-electron chi connectivity index (χ3n) is 10.2. The number of carbonyl (C=O) groups excluding carboxylic acids is 7. The lowest BCUT2D eigenvalue weighted by atomic mass is 10.0. The molecule has 0 saturated heterocycles. The number of nitrogens with two attached hydrogens (primary N) is 3. The summed E-state index contributed by atoms with van der Waals surface area (Å²) in [5, 5.41) is 42.2. The SMILES string of the molecule is C.C.CC.CC.CCC.CCC(=O)C(CCCCN)NC(=O)C(Cc1cnc[nH]1)NC(=O)C(C)NC(=O)C(N)CC(=O)O.CCC=NC(CC(=O)O)C(=O)NC(C)C(=O)NC(Cc1cnc[nH]1)C(=O)NC(CCCCN)C(=O)O. The molecule has 27 nitrogen and oxygen atoms in total. The quantitative estimate of drug-likeness (QED) is 0.0359. The van der Waals surface area contributed by atoms with Gasteiger partial charge in [-0.2, -0.15) is 0 Å². The molecule has 2 rings (SSSR count). The van der Waals surface area contributed by atoms with Gasteiger partial charge in [-0.25, -0.2) is 14.8 Å². The first kappa shape index (κ1) is 80.7. The van der Waals surface area contributed by atoms with Gasteiger partial charge < -0.3 is 74.4 Å². The van der Waals surface area contributed by atoms with E-state index in [2.05, 4.69) is 70.7 Å². The Morgan fingerprint density at radius 3 is 1.33 bits per heavy atom. The number of rotatable bonds is 33. The van der Waals surface area contributed by atoms with Crippen LogP contribution in [0.1, 0.15) is 166 Å². The second kappa shape index (κ2) is 49.2. The number of H-pyrrole nitrogens is 2. The minimum Gasteiger partial charge on any atom is -0.481 e. The molecule has 2 aromatic rings. The molecule has 0 aliphatic heterocycles. The minimum atomic E-state index is -1.33. The van der Waals surface area contributed by atoms with Crippen molar-refractivity contribution in [1.82, 2.24) is 51.8 Å². The Labute approximate surface area is 466 Å². The number of amides is 6. The normalized spacial score (nSPS) is 13.1. The Morgan fingerprint density at radius 2 is 0.975 bits per heavy atom. The highest BCUT2D eigenvalue weighted by Gasteiger charge is 2.32. The van der Waals surface area contributed by atoms with Crippen molar-refractivity contribution >= 4 is 65.3 Å². The lowest BCUT2D eigenvalue weighted by molar-refractivity contribution is -0.142. The Bertz CT molecular complexity index is 2040. The van der Waals surface area contributed by atoms with Gasteiger partial charge in [0.25, 0.3) is 0 Å². The first-order valence-electron chi connectivity index (χ1n) is 26.2.